The molecule has 2 aromatic rings. The number of benzene rings is 1. The number of rotatable bonds is 5. The Labute approximate surface area is 110 Å². The summed E-state index contributed by atoms with van der Waals surface area (Å²) in [5.74, 6) is 1.01. The van der Waals surface area contributed by atoms with Crippen molar-refractivity contribution in [3.63, 3.8) is 0 Å². The highest BCUT2D eigenvalue weighted by atomic mass is 16.5. The highest BCUT2D eigenvalue weighted by Gasteiger charge is 2.09. The minimum Gasteiger partial charge on any atom is -0.497 e. The maximum Gasteiger partial charge on any atom is 0.292 e. The molecule has 1 aromatic heterocycles. The molecule has 1 aromatic carbocycles. The topological polar surface area (TPSA) is 63.5 Å². The Balaban J connectivity index is 1.92. The third-order valence-corrected chi connectivity index (χ3v) is 2.39. The smallest absolute Gasteiger partial charge is 0.292 e. The summed E-state index contributed by atoms with van der Waals surface area (Å²) in [5.41, 5.74) is 0.797. The minimum atomic E-state index is -0.351. The first kappa shape index (κ1) is 12.8. The molecule has 5 heteroatoms. The molecule has 1 heterocycles. The highest BCUT2D eigenvalue weighted by molar-refractivity contribution is 5.92. The molecular formula is C14H14N2O3. The molecule has 1 amide bonds. The van der Waals surface area contributed by atoms with Gasteiger partial charge in [-0.15, -0.1) is 0 Å². The van der Waals surface area contributed by atoms with Crippen LogP contribution < -0.4 is 15.4 Å². The van der Waals surface area contributed by atoms with Crippen molar-refractivity contribution in [3.05, 3.63) is 60.8 Å². The van der Waals surface area contributed by atoms with Gasteiger partial charge in [-0.3, -0.25) is 4.79 Å². The summed E-state index contributed by atoms with van der Waals surface area (Å²) in [6, 6.07) is 10.5. The Morgan fingerprint density at radius 1 is 1.26 bits per heavy atom. The van der Waals surface area contributed by atoms with Crippen molar-refractivity contribution in [2.75, 3.05) is 12.4 Å². The normalized spacial score (nSPS) is 9.74. The zero-order valence-electron chi connectivity index (χ0n) is 10.5. The van der Waals surface area contributed by atoms with Crippen LogP contribution >= 0.6 is 0 Å². The van der Waals surface area contributed by atoms with Gasteiger partial charge in [0.2, 0.25) is 0 Å². The van der Waals surface area contributed by atoms with Gasteiger partial charge in [0, 0.05) is 5.69 Å². The molecule has 19 heavy (non-hydrogen) atoms. The fraction of sp³-hybridized carbons (Fsp3) is 0.0714. The first-order chi connectivity index (χ1) is 9.19. The highest BCUT2D eigenvalue weighted by Crippen LogP contribution is 2.15. The van der Waals surface area contributed by atoms with E-state index in [-0.39, 0.29) is 11.7 Å². The van der Waals surface area contributed by atoms with Gasteiger partial charge in [0.1, 0.15) is 11.6 Å². The fourth-order valence-corrected chi connectivity index (χ4v) is 1.49. The second kappa shape index (κ2) is 5.77. The van der Waals surface area contributed by atoms with Crippen LogP contribution in [0.4, 0.5) is 5.69 Å². The summed E-state index contributed by atoms with van der Waals surface area (Å²) >= 11 is 0. The first-order valence-electron chi connectivity index (χ1n) is 5.64. The van der Waals surface area contributed by atoms with Crippen LogP contribution in [0, 0.1) is 0 Å². The maximum absolute atomic E-state index is 11.7. The second-order valence-corrected chi connectivity index (χ2v) is 3.76. The fourth-order valence-electron chi connectivity index (χ4n) is 1.49. The lowest BCUT2D eigenvalue weighted by Crippen LogP contribution is -2.25. The molecule has 0 saturated heterocycles. The molecule has 2 N–H and O–H groups in total. The van der Waals surface area contributed by atoms with Gasteiger partial charge in [-0.1, -0.05) is 6.58 Å². The molecule has 0 spiro atoms. The van der Waals surface area contributed by atoms with Crippen LogP contribution in [0.25, 0.3) is 0 Å². The number of carbonyl (C=O) groups is 1. The Hall–Kier alpha value is -2.69. The summed E-state index contributed by atoms with van der Waals surface area (Å²) in [6.07, 6.45) is 1.44. The molecule has 0 bridgehead atoms. The number of hydrogen-bond acceptors (Lipinski definition) is 4. The lowest BCUT2D eigenvalue weighted by Gasteiger charge is -2.10. The van der Waals surface area contributed by atoms with Crippen molar-refractivity contribution in [2.45, 2.75) is 0 Å². The molecule has 0 atom stereocenters. The zero-order valence-corrected chi connectivity index (χ0v) is 10.5. The van der Waals surface area contributed by atoms with Crippen molar-refractivity contribution >= 4 is 11.6 Å². The summed E-state index contributed by atoms with van der Waals surface area (Å²) < 4.78 is 10.0. The van der Waals surface area contributed by atoms with Crippen LogP contribution in [0.15, 0.2) is 59.5 Å². The van der Waals surface area contributed by atoms with Crippen molar-refractivity contribution in [3.8, 4) is 5.75 Å². The SMILES string of the molecule is C=C(NC(=O)c1ccco1)Nc1ccc(OC)cc1. The second-order valence-electron chi connectivity index (χ2n) is 3.76. The van der Waals surface area contributed by atoms with Crippen molar-refractivity contribution in [1.29, 1.82) is 0 Å². The summed E-state index contributed by atoms with van der Waals surface area (Å²) in [5, 5.41) is 5.55. The third kappa shape index (κ3) is 3.38. The van der Waals surface area contributed by atoms with Gasteiger partial charge in [-0.2, -0.15) is 0 Å². The van der Waals surface area contributed by atoms with Gasteiger partial charge in [0.05, 0.1) is 13.4 Å². The predicted octanol–water partition coefficient (Wildman–Crippen LogP) is 2.60. The predicted molar refractivity (Wildman–Crippen MR) is 71.9 cm³/mol. The molecule has 0 aliphatic heterocycles. The number of amides is 1. The Kier molecular flexibility index (Phi) is 3.87. The standard InChI is InChI=1S/C14H14N2O3/c1-10(16-14(17)13-4-3-9-19-13)15-11-5-7-12(18-2)8-6-11/h3-9,15H,1H2,2H3,(H,16,17). The molecule has 0 saturated carbocycles. The van der Waals surface area contributed by atoms with Crippen molar-refractivity contribution < 1.29 is 13.9 Å². The van der Waals surface area contributed by atoms with Crippen LogP contribution in [-0.2, 0) is 0 Å². The van der Waals surface area contributed by atoms with Crippen molar-refractivity contribution in [2.24, 2.45) is 0 Å². The maximum atomic E-state index is 11.7. The van der Waals surface area contributed by atoms with Gasteiger partial charge in [-0.25, -0.2) is 0 Å². The lowest BCUT2D eigenvalue weighted by molar-refractivity contribution is 0.0939. The van der Waals surface area contributed by atoms with E-state index >= 15 is 0 Å². The van der Waals surface area contributed by atoms with E-state index in [2.05, 4.69) is 17.2 Å². The Morgan fingerprint density at radius 2 is 2.00 bits per heavy atom. The van der Waals surface area contributed by atoms with E-state index in [9.17, 15) is 4.79 Å². The minimum absolute atomic E-state index is 0.234. The number of methoxy groups -OCH3 is 1. The zero-order chi connectivity index (χ0) is 13.7. The van der Waals surface area contributed by atoms with Gasteiger partial charge < -0.3 is 19.8 Å². The molecular weight excluding hydrogens is 244 g/mol. The van der Waals surface area contributed by atoms with Crippen LogP contribution in [0.2, 0.25) is 0 Å². The van der Waals surface area contributed by atoms with Crippen LogP contribution in [0.1, 0.15) is 10.6 Å². The van der Waals surface area contributed by atoms with Gasteiger partial charge >= 0.3 is 0 Å². The van der Waals surface area contributed by atoms with Crippen molar-refractivity contribution in [1.82, 2.24) is 5.32 Å². The molecule has 0 fully saturated rings. The van der Waals surface area contributed by atoms with E-state index in [0.29, 0.717) is 5.82 Å². The molecule has 5 nitrogen and oxygen atoms in total. The monoisotopic (exact) mass is 258 g/mol. The van der Waals surface area contributed by atoms with E-state index in [4.69, 9.17) is 9.15 Å². The average molecular weight is 258 g/mol. The molecule has 0 unspecified atom stereocenters. The quantitative estimate of drug-likeness (QED) is 0.865. The largest absolute Gasteiger partial charge is 0.497 e. The van der Waals surface area contributed by atoms with E-state index in [1.165, 1.54) is 6.26 Å². The van der Waals surface area contributed by atoms with E-state index < -0.39 is 0 Å². The first-order valence-corrected chi connectivity index (χ1v) is 5.64. The number of carbonyl (C=O) groups excluding carboxylic acids is 1. The van der Waals surface area contributed by atoms with Crippen LogP contribution in [-0.4, -0.2) is 13.0 Å². The number of nitrogens with one attached hydrogen (secondary N) is 2. The Morgan fingerprint density at radius 3 is 2.58 bits per heavy atom. The molecule has 0 aliphatic rings. The van der Waals surface area contributed by atoms with E-state index in [1.54, 1.807) is 19.2 Å². The summed E-state index contributed by atoms with van der Waals surface area (Å²) in [7, 11) is 1.60. The Bertz CT molecular complexity index is 559. The summed E-state index contributed by atoms with van der Waals surface area (Å²) in [4.78, 5) is 11.7. The van der Waals surface area contributed by atoms with Gasteiger partial charge in [-0.05, 0) is 36.4 Å². The lowest BCUT2D eigenvalue weighted by atomic mass is 10.3. The van der Waals surface area contributed by atoms with Crippen LogP contribution in [0.3, 0.4) is 0 Å². The van der Waals surface area contributed by atoms with Crippen LogP contribution in [0.5, 0.6) is 5.75 Å². The molecule has 0 aliphatic carbocycles. The van der Waals surface area contributed by atoms with Gasteiger partial charge in [0.25, 0.3) is 5.91 Å². The number of hydrogen-bond donors (Lipinski definition) is 2. The number of furan rings is 1. The van der Waals surface area contributed by atoms with Gasteiger partial charge in [0.15, 0.2) is 5.76 Å². The van der Waals surface area contributed by atoms with E-state index in [1.807, 2.05) is 24.3 Å². The average Bonchev–Trinajstić information content (AvgIpc) is 2.93. The number of anilines is 1. The summed E-state index contributed by atoms with van der Waals surface area (Å²) in [6.45, 7) is 3.73. The number of ether oxygens (including phenoxy) is 1. The molecule has 98 valence electrons. The third-order valence-electron chi connectivity index (χ3n) is 2.39. The molecule has 0 radical (unpaired) electrons. The molecule has 2 rings (SSSR count). The van der Waals surface area contributed by atoms with E-state index in [0.717, 1.165) is 11.4 Å².